The molecule has 10 nitrogen and oxygen atoms in total. The van der Waals surface area contributed by atoms with Crippen molar-refractivity contribution in [2.75, 3.05) is 19.4 Å². The number of benzene rings is 2. The highest BCUT2D eigenvalue weighted by Crippen LogP contribution is 2.24. The molecule has 0 atom stereocenters. The third-order valence-electron chi connectivity index (χ3n) is 4.54. The maximum absolute atomic E-state index is 12.3. The molecule has 3 aromatic rings. The van der Waals surface area contributed by atoms with E-state index < -0.39 is 10.7 Å². The van der Waals surface area contributed by atoms with Crippen molar-refractivity contribution in [2.45, 2.75) is 19.4 Å². The summed E-state index contributed by atoms with van der Waals surface area (Å²) in [5.74, 6) is -1.22. The maximum atomic E-state index is 12.3. The van der Waals surface area contributed by atoms with Gasteiger partial charge in [-0.3, -0.25) is 24.3 Å². The molecule has 0 fully saturated rings. The van der Waals surface area contributed by atoms with Crippen LogP contribution in [0, 0.1) is 10.1 Å². The fourth-order valence-corrected chi connectivity index (χ4v) is 3.17. The van der Waals surface area contributed by atoms with Crippen molar-refractivity contribution >= 4 is 45.9 Å². The van der Waals surface area contributed by atoms with E-state index in [-0.39, 0.29) is 36.1 Å². The number of carbonyl (C=O) groups is 2. The van der Waals surface area contributed by atoms with Crippen molar-refractivity contribution in [3.63, 3.8) is 0 Å². The molecule has 2 amide bonds. The summed E-state index contributed by atoms with van der Waals surface area (Å²) in [5, 5.41) is 13.8. The molecule has 0 saturated carbocycles. The number of amides is 2. The number of oxazole rings is 1. The van der Waals surface area contributed by atoms with Crippen LogP contribution in [0.5, 0.6) is 0 Å². The number of fused-ring (bicyclic) bond motifs is 1. The number of nitro benzene ring substituents is 1. The van der Waals surface area contributed by atoms with Crippen LogP contribution in [0.4, 0.5) is 11.4 Å². The lowest BCUT2D eigenvalue weighted by Gasteiger charge is -2.13. The van der Waals surface area contributed by atoms with Crippen LogP contribution in [0.15, 0.2) is 45.6 Å². The molecule has 31 heavy (non-hydrogen) atoms. The molecule has 0 spiro atoms. The summed E-state index contributed by atoms with van der Waals surface area (Å²) in [7, 11) is 3.24. The second-order valence-electron chi connectivity index (χ2n) is 6.97. The summed E-state index contributed by atoms with van der Waals surface area (Å²) in [6.07, 6.45) is 0.388. The number of aromatic nitrogens is 1. The van der Waals surface area contributed by atoms with E-state index in [1.165, 1.54) is 39.8 Å². The number of nitrogens with one attached hydrogen (secondary N) is 1. The van der Waals surface area contributed by atoms with Crippen LogP contribution in [-0.4, -0.2) is 40.3 Å². The Bertz CT molecular complexity index is 1230. The quantitative estimate of drug-likeness (QED) is 0.438. The van der Waals surface area contributed by atoms with Gasteiger partial charge in [0.05, 0.1) is 27.2 Å². The Morgan fingerprint density at radius 2 is 1.97 bits per heavy atom. The van der Waals surface area contributed by atoms with Crippen LogP contribution >= 0.6 is 11.6 Å². The molecule has 0 unspecified atom stereocenters. The van der Waals surface area contributed by atoms with E-state index in [2.05, 4.69) is 5.32 Å². The lowest BCUT2D eigenvalue weighted by Crippen LogP contribution is -2.22. The Labute approximate surface area is 181 Å². The van der Waals surface area contributed by atoms with Crippen LogP contribution in [0.3, 0.4) is 0 Å². The minimum absolute atomic E-state index is 0.0777. The van der Waals surface area contributed by atoms with Crippen molar-refractivity contribution in [3.8, 4) is 0 Å². The number of rotatable bonds is 7. The van der Waals surface area contributed by atoms with Gasteiger partial charge < -0.3 is 14.6 Å². The first-order valence-corrected chi connectivity index (χ1v) is 9.64. The second kappa shape index (κ2) is 9.00. The molecule has 1 aromatic heterocycles. The van der Waals surface area contributed by atoms with E-state index in [9.17, 15) is 24.5 Å². The second-order valence-corrected chi connectivity index (χ2v) is 7.38. The number of hydrogen-bond acceptors (Lipinski definition) is 6. The van der Waals surface area contributed by atoms with Crippen LogP contribution in [0.1, 0.15) is 23.2 Å². The number of aryl methyl sites for hydroxylation is 1. The van der Waals surface area contributed by atoms with Gasteiger partial charge >= 0.3 is 5.76 Å². The average molecular weight is 447 g/mol. The van der Waals surface area contributed by atoms with E-state index >= 15 is 0 Å². The number of nitrogens with zero attached hydrogens (tertiary/aromatic N) is 3. The molecule has 0 saturated heterocycles. The van der Waals surface area contributed by atoms with Gasteiger partial charge in [-0.15, -0.1) is 0 Å². The molecule has 0 bridgehead atoms. The average Bonchev–Trinajstić information content (AvgIpc) is 3.03. The summed E-state index contributed by atoms with van der Waals surface area (Å²) < 4.78 is 6.38. The van der Waals surface area contributed by atoms with Crippen molar-refractivity contribution in [2.24, 2.45) is 0 Å². The summed E-state index contributed by atoms with van der Waals surface area (Å²) in [5.41, 5.74) is 1.04. The van der Waals surface area contributed by atoms with Crippen LogP contribution in [0.2, 0.25) is 5.02 Å². The highest BCUT2D eigenvalue weighted by Gasteiger charge is 2.15. The summed E-state index contributed by atoms with van der Waals surface area (Å²) >= 11 is 6.12. The third kappa shape index (κ3) is 4.92. The molecule has 2 aromatic carbocycles. The lowest BCUT2D eigenvalue weighted by molar-refractivity contribution is -0.384. The maximum Gasteiger partial charge on any atom is 0.419 e. The smallest absolute Gasteiger partial charge is 0.407 e. The number of nitro groups is 1. The first-order valence-electron chi connectivity index (χ1n) is 9.26. The Kier molecular flexibility index (Phi) is 6.40. The van der Waals surface area contributed by atoms with Crippen LogP contribution < -0.4 is 11.1 Å². The van der Waals surface area contributed by atoms with Crippen LogP contribution in [0.25, 0.3) is 11.1 Å². The van der Waals surface area contributed by atoms with Crippen molar-refractivity contribution < 1.29 is 18.9 Å². The molecular formula is C20H19ClN4O6. The normalized spacial score (nSPS) is 10.8. The molecule has 1 heterocycles. The van der Waals surface area contributed by atoms with Gasteiger partial charge in [-0.25, -0.2) is 4.79 Å². The number of non-ortho nitro benzene ring substituents is 1. The van der Waals surface area contributed by atoms with E-state index in [0.717, 1.165) is 0 Å². The SMILES string of the molecule is CN(C)C(=O)c1ccc(Cl)c(NC(=O)CCCn2c(=O)oc3cc([N+](=O)[O-])ccc32)c1. The molecule has 0 aliphatic carbocycles. The number of halogens is 1. The van der Waals surface area contributed by atoms with Gasteiger partial charge in [0.15, 0.2) is 5.58 Å². The molecular weight excluding hydrogens is 428 g/mol. The zero-order valence-electron chi connectivity index (χ0n) is 16.8. The predicted octanol–water partition coefficient (Wildman–Crippen LogP) is 3.28. The van der Waals surface area contributed by atoms with E-state index in [1.54, 1.807) is 20.2 Å². The van der Waals surface area contributed by atoms with Crippen molar-refractivity contribution in [1.29, 1.82) is 0 Å². The lowest BCUT2D eigenvalue weighted by atomic mass is 10.1. The molecule has 0 aliphatic rings. The predicted molar refractivity (Wildman–Crippen MR) is 114 cm³/mol. The Morgan fingerprint density at radius 3 is 2.65 bits per heavy atom. The monoisotopic (exact) mass is 446 g/mol. The largest absolute Gasteiger partial charge is 0.419 e. The topological polar surface area (TPSA) is 128 Å². The molecule has 1 N–H and O–H groups in total. The van der Waals surface area contributed by atoms with Gasteiger partial charge in [-0.2, -0.15) is 0 Å². The Balaban J connectivity index is 1.65. The summed E-state index contributed by atoms with van der Waals surface area (Å²) in [4.78, 5) is 48.2. The summed E-state index contributed by atoms with van der Waals surface area (Å²) in [6.45, 7) is 0.184. The zero-order valence-corrected chi connectivity index (χ0v) is 17.5. The minimum atomic E-state index is -0.658. The first kappa shape index (κ1) is 22.0. The third-order valence-corrected chi connectivity index (χ3v) is 4.87. The van der Waals surface area contributed by atoms with Crippen molar-refractivity contribution in [1.82, 2.24) is 9.47 Å². The van der Waals surface area contributed by atoms with Gasteiger partial charge in [0.1, 0.15) is 0 Å². The fourth-order valence-electron chi connectivity index (χ4n) is 3.00. The molecule has 162 valence electrons. The standard InChI is InChI=1S/C20H19ClN4O6/c1-23(2)19(27)12-5-7-14(21)15(10-12)22-18(26)4-3-9-24-16-8-6-13(25(29)30)11-17(16)31-20(24)28/h5-8,10-11H,3-4,9H2,1-2H3,(H,22,26). The molecule has 0 aliphatic heterocycles. The highest BCUT2D eigenvalue weighted by atomic mass is 35.5. The van der Waals surface area contributed by atoms with Gasteiger partial charge in [-0.05, 0) is 30.7 Å². The Hall–Kier alpha value is -3.66. The Morgan fingerprint density at radius 1 is 1.23 bits per heavy atom. The van der Waals surface area contributed by atoms with Gasteiger partial charge in [0.25, 0.3) is 11.6 Å². The highest BCUT2D eigenvalue weighted by molar-refractivity contribution is 6.33. The van der Waals surface area contributed by atoms with E-state index in [0.29, 0.717) is 28.2 Å². The van der Waals surface area contributed by atoms with Gasteiger partial charge in [0.2, 0.25) is 5.91 Å². The van der Waals surface area contributed by atoms with Crippen molar-refractivity contribution in [3.05, 3.63) is 67.6 Å². The van der Waals surface area contributed by atoms with E-state index in [4.69, 9.17) is 16.0 Å². The van der Waals surface area contributed by atoms with E-state index in [1.807, 2.05) is 0 Å². The zero-order chi connectivity index (χ0) is 22.7. The number of hydrogen-bond donors (Lipinski definition) is 1. The molecule has 0 radical (unpaired) electrons. The molecule has 3 rings (SSSR count). The van der Waals surface area contributed by atoms with Crippen LogP contribution in [-0.2, 0) is 11.3 Å². The molecule has 11 heteroatoms. The van der Waals surface area contributed by atoms with Gasteiger partial charge in [-0.1, -0.05) is 11.6 Å². The first-order chi connectivity index (χ1) is 14.7. The summed E-state index contributed by atoms with van der Waals surface area (Å²) in [6, 6.07) is 8.51. The number of anilines is 1. The fraction of sp³-hybridized carbons (Fsp3) is 0.250. The number of carbonyl (C=O) groups excluding carboxylic acids is 2. The minimum Gasteiger partial charge on any atom is -0.407 e. The van der Waals surface area contributed by atoms with Gasteiger partial charge in [0, 0.05) is 38.7 Å².